The summed E-state index contributed by atoms with van der Waals surface area (Å²) in [5.41, 5.74) is 1.67. The zero-order chi connectivity index (χ0) is 14.1. The monoisotopic (exact) mass is 275 g/mol. The number of rotatable bonds is 3. The predicted octanol–water partition coefficient (Wildman–Crippen LogP) is 2.85. The van der Waals surface area contributed by atoms with Crippen LogP contribution in [-0.4, -0.2) is 21.9 Å². The average molecular weight is 275 g/mol. The van der Waals surface area contributed by atoms with Crippen LogP contribution in [0.4, 0.5) is 8.78 Å². The Morgan fingerprint density at radius 3 is 2.80 bits per heavy atom. The van der Waals surface area contributed by atoms with Crippen molar-refractivity contribution in [3.8, 4) is 5.69 Å². The van der Waals surface area contributed by atoms with E-state index in [1.54, 1.807) is 25.7 Å². The molecule has 1 aromatic carbocycles. The van der Waals surface area contributed by atoms with Gasteiger partial charge in [0.2, 0.25) is 0 Å². The molecule has 6 heteroatoms. The topological polar surface area (TPSA) is 39.9 Å². The van der Waals surface area contributed by atoms with Crippen LogP contribution < -0.4 is 0 Å². The number of halogens is 2. The Hall–Kier alpha value is -2.34. The molecule has 0 saturated heterocycles. The highest BCUT2D eigenvalue weighted by molar-refractivity contribution is 5.82. The van der Waals surface area contributed by atoms with Gasteiger partial charge in [0.1, 0.15) is 11.5 Å². The first-order valence-electron chi connectivity index (χ1n) is 5.95. The summed E-state index contributed by atoms with van der Waals surface area (Å²) in [5, 5.41) is 4.92. The molecule has 20 heavy (non-hydrogen) atoms. The number of nitrogens with zero attached hydrogens (tertiary/aromatic N) is 3. The number of pyridine rings is 1. The standard InChI is InChI=1S/C14H11F2N3O/c1-20-8-10-6-17-5-9-7-18-19(14(9)10)13-3-2-11(15)4-12(13)16/h2-7H,8H2,1H3. The summed E-state index contributed by atoms with van der Waals surface area (Å²) in [6.45, 7) is 0.332. The van der Waals surface area contributed by atoms with Crippen LogP contribution >= 0.6 is 0 Å². The van der Waals surface area contributed by atoms with Gasteiger partial charge in [0.15, 0.2) is 5.82 Å². The van der Waals surface area contributed by atoms with Crippen molar-refractivity contribution in [2.45, 2.75) is 6.61 Å². The summed E-state index contributed by atoms with van der Waals surface area (Å²) in [6.07, 6.45) is 4.87. The van der Waals surface area contributed by atoms with Gasteiger partial charge in [-0.25, -0.2) is 13.5 Å². The minimum absolute atomic E-state index is 0.185. The maximum atomic E-state index is 13.9. The lowest BCUT2D eigenvalue weighted by atomic mass is 10.2. The van der Waals surface area contributed by atoms with Gasteiger partial charge in [-0.3, -0.25) is 4.98 Å². The molecule has 0 saturated carbocycles. The minimum atomic E-state index is -0.671. The predicted molar refractivity (Wildman–Crippen MR) is 69.5 cm³/mol. The van der Waals surface area contributed by atoms with Gasteiger partial charge in [0.25, 0.3) is 0 Å². The summed E-state index contributed by atoms with van der Waals surface area (Å²) in [6, 6.07) is 3.39. The fourth-order valence-electron chi connectivity index (χ4n) is 2.14. The van der Waals surface area contributed by atoms with E-state index in [0.29, 0.717) is 12.1 Å². The fourth-order valence-corrected chi connectivity index (χ4v) is 2.14. The van der Waals surface area contributed by atoms with Crippen LogP contribution in [-0.2, 0) is 11.3 Å². The fraction of sp³-hybridized carbons (Fsp3) is 0.143. The Kier molecular flexibility index (Phi) is 3.15. The average Bonchev–Trinajstić information content (AvgIpc) is 2.84. The van der Waals surface area contributed by atoms with Gasteiger partial charge in [0, 0.05) is 36.5 Å². The summed E-state index contributed by atoms with van der Waals surface area (Å²) in [7, 11) is 1.57. The SMILES string of the molecule is COCc1cncc2cnn(-c3ccc(F)cc3F)c12. The van der Waals surface area contributed by atoms with E-state index < -0.39 is 11.6 Å². The Bertz CT molecular complexity index is 770. The van der Waals surface area contributed by atoms with Crippen LogP contribution in [0.5, 0.6) is 0 Å². The van der Waals surface area contributed by atoms with Gasteiger partial charge in [-0.05, 0) is 12.1 Å². The second kappa shape index (κ2) is 4.97. The molecule has 0 aliphatic heterocycles. The molecule has 0 spiro atoms. The molecule has 2 heterocycles. The highest BCUT2D eigenvalue weighted by Crippen LogP contribution is 2.23. The van der Waals surface area contributed by atoms with Crippen LogP contribution in [0.2, 0.25) is 0 Å². The Morgan fingerprint density at radius 1 is 1.20 bits per heavy atom. The van der Waals surface area contributed by atoms with Gasteiger partial charge >= 0.3 is 0 Å². The van der Waals surface area contributed by atoms with E-state index in [0.717, 1.165) is 17.0 Å². The number of benzene rings is 1. The molecule has 3 aromatic rings. The van der Waals surface area contributed by atoms with Crippen LogP contribution in [0, 0.1) is 11.6 Å². The molecule has 0 fully saturated rings. The van der Waals surface area contributed by atoms with Crippen LogP contribution in [0.1, 0.15) is 5.56 Å². The first-order valence-corrected chi connectivity index (χ1v) is 5.95. The van der Waals surface area contributed by atoms with E-state index in [2.05, 4.69) is 10.1 Å². The second-order valence-electron chi connectivity index (χ2n) is 4.32. The van der Waals surface area contributed by atoms with E-state index in [1.165, 1.54) is 16.8 Å². The third kappa shape index (κ3) is 2.04. The first-order chi connectivity index (χ1) is 9.70. The highest BCUT2D eigenvalue weighted by Gasteiger charge is 2.13. The third-order valence-corrected chi connectivity index (χ3v) is 2.98. The molecule has 0 unspecified atom stereocenters. The molecule has 0 bridgehead atoms. The lowest BCUT2D eigenvalue weighted by Gasteiger charge is -2.08. The van der Waals surface area contributed by atoms with E-state index >= 15 is 0 Å². The summed E-state index contributed by atoms with van der Waals surface area (Å²) < 4.78 is 33.5. The molecule has 0 aliphatic rings. The van der Waals surface area contributed by atoms with E-state index in [1.807, 2.05) is 0 Å². The van der Waals surface area contributed by atoms with Gasteiger partial charge < -0.3 is 4.74 Å². The van der Waals surface area contributed by atoms with Crippen molar-refractivity contribution in [1.82, 2.24) is 14.8 Å². The Labute approximate surface area is 113 Å². The van der Waals surface area contributed by atoms with Crippen molar-refractivity contribution >= 4 is 10.9 Å². The van der Waals surface area contributed by atoms with Crippen LogP contribution in [0.3, 0.4) is 0 Å². The second-order valence-corrected chi connectivity index (χ2v) is 4.32. The quantitative estimate of drug-likeness (QED) is 0.738. The number of fused-ring (bicyclic) bond motifs is 1. The zero-order valence-corrected chi connectivity index (χ0v) is 10.7. The van der Waals surface area contributed by atoms with E-state index in [-0.39, 0.29) is 5.69 Å². The van der Waals surface area contributed by atoms with Crippen molar-refractivity contribution in [1.29, 1.82) is 0 Å². The van der Waals surface area contributed by atoms with Gasteiger partial charge in [-0.2, -0.15) is 5.10 Å². The number of methoxy groups -OCH3 is 1. The Balaban J connectivity index is 2.25. The number of ether oxygens (including phenoxy) is 1. The molecule has 0 N–H and O–H groups in total. The molecule has 0 aliphatic carbocycles. The maximum absolute atomic E-state index is 13.9. The van der Waals surface area contributed by atoms with Crippen molar-refractivity contribution in [3.05, 3.63) is 54.0 Å². The number of hydrogen-bond donors (Lipinski definition) is 0. The lowest BCUT2D eigenvalue weighted by molar-refractivity contribution is 0.185. The largest absolute Gasteiger partial charge is 0.380 e. The van der Waals surface area contributed by atoms with Gasteiger partial charge in [-0.1, -0.05) is 0 Å². The summed E-state index contributed by atoms with van der Waals surface area (Å²) in [4.78, 5) is 4.09. The van der Waals surface area contributed by atoms with Gasteiger partial charge in [-0.15, -0.1) is 0 Å². The minimum Gasteiger partial charge on any atom is -0.380 e. The molecule has 4 nitrogen and oxygen atoms in total. The summed E-state index contributed by atoms with van der Waals surface area (Å²) in [5.74, 6) is -1.29. The number of hydrogen-bond acceptors (Lipinski definition) is 3. The maximum Gasteiger partial charge on any atom is 0.151 e. The van der Waals surface area contributed by atoms with Crippen molar-refractivity contribution in [2.75, 3.05) is 7.11 Å². The van der Waals surface area contributed by atoms with Gasteiger partial charge in [0.05, 0.1) is 18.3 Å². The molecule has 3 rings (SSSR count). The normalized spacial score (nSPS) is 11.2. The molecule has 2 aromatic heterocycles. The smallest absolute Gasteiger partial charge is 0.151 e. The lowest BCUT2D eigenvalue weighted by Crippen LogP contribution is -2.03. The van der Waals surface area contributed by atoms with E-state index in [9.17, 15) is 8.78 Å². The first kappa shape index (κ1) is 12.7. The van der Waals surface area contributed by atoms with Crippen molar-refractivity contribution < 1.29 is 13.5 Å². The third-order valence-electron chi connectivity index (χ3n) is 2.98. The van der Waals surface area contributed by atoms with E-state index in [4.69, 9.17) is 4.74 Å². The van der Waals surface area contributed by atoms with Crippen molar-refractivity contribution in [3.63, 3.8) is 0 Å². The van der Waals surface area contributed by atoms with Crippen molar-refractivity contribution in [2.24, 2.45) is 0 Å². The summed E-state index contributed by atoms with van der Waals surface area (Å²) >= 11 is 0. The Morgan fingerprint density at radius 2 is 2.05 bits per heavy atom. The zero-order valence-electron chi connectivity index (χ0n) is 10.7. The molecular formula is C14H11F2N3O. The highest BCUT2D eigenvalue weighted by atomic mass is 19.1. The molecule has 0 radical (unpaired) electrons. The molecular weight excluding hydrogens is 264 g/mol. The molecule has 0 amide bonds. The molecule has 102 valence electrons. The molecule has 0 atom stereocenters. The van der Waals surface area contributed by atoms with Crippen LogP contribution in [0.15, 0.2) is 36.8 Å². The number of aromatic nitrogens is 3. The van der Waals surface area contributed by atoms with Crippen LogP contribution in [0.25, 0.3) is 16.6 Å².